The van der Waals surface area contributed by atoms with E-state index in [1.807, 2.05) is 6.07 Å². The molecule has 1 amide bonds. The number of nitrogens with zero attached hydrogens (tertiary/aromatic N) is 2. The zero-order valence-corrected chi connectivity index (χ0v) is 13.2. The summed E-state index contributed by atoms with van der Waals surface area (Å²) in [5.41, 5.74) is 4.09. The number of nitrogens with one attached hydrogen (secondary N) is 2. The van der Waals surface area contributed by atoms with Gasteiger partial charge in [0.05, 0.1) is 21.1 Å². The van der Waals surface area contributed by atoms with Gasteiger partial charge in [-0.25, -0.2) is 5.43 Å². The molecule has 0 radical (unpaired) electrons. The topological polar surface area (TPSA) is 90.4 Å². The highest BCUT2D eigenvalue weighted by atomic mass is 35.5. The molecule has 0 aliphatic carbocycles. The first kappa shape index (κ1) is 15.3. The first-order valence-corrected chi connectivity index (χ1v) is 7.75. The van der Waals surface area contributed by atoms with Crippen LogP contribution in [0.2, 0.25) is 4.34 Å². The fraction of sp³-hybridized carbons (Fsp3) is 0. The Morgan fingerprint density at radius 1 is 1.30 bits per heavy atom. The third kappa shape index (κ3) is 3.77. The molecule has 0 saturated carbocycles. The van der Waals surface area contributed by atoms with Gasteiger partial charge in [0.15, 0.2) is 5.69 Å². The lowest BCUT2D eigenvalue weighted by atomic mass is 10.2. The van der Waals surface area contributed by atoms with Gasteiger partial charge < -0.3 is 5.11 Å². The second kappa shape index (κ2) is 6.64. The quantitative estimate of drug-likeness (QED) is 0.500. The van der Waals surface area contributed by atoms with E-state index in [1.165, 1.54) is 29.7 Å². The molecule has 2 heterocycles. The second-order valence-electron chi connectivity index (χ2n) is 4.56. The van der Waals surface area contributed by atoms with Crippen molar-refractivity contribution in [3.8, 4) is 16.3 Å². The molecule has 116 valence electrons. The van der Waals surface area contributed by atoms with Crippen molar-refractivity contribution in [3.63, 3.8) is 0 Å². The molecule has 0 atom stereocenters. The Morgan fingerprint density at radius 2 is 2.09 bits per heavy atom. The number of hydrogen-bond acceptors (Lipinski definition) is 5. The first-order chi connectivity index (χ1) is 11.1. The standard InChI is InChI=1S/C15H11ClN4O2S/c16-14-6-5-13(23-14)11-7-12(19-18-11)15(22)20-17-8-9-1-3-10(21)4-2-9/h1-8,21H,(H,18,19)(H,20,22). The van der Waals surface area contributed by atoms with Crippen LogP contribution in [-0.2, 0) is 0 Å². The smallest absolute Gasteiger partial charge is 0.291 e. The minimum Gasteiger partial charge on any atom is -0.508 e. The highest BCUT2D eigenvalue weighted by Crippen LogP contribution is 2.29. The molecule has 3 aromatic rings. The number of phenols is 1. The second-order valence-corrected chi connectivity index (χ2v) is 6.28. The van der Waals surface area contributed by atoms with E-state index in [9.17, 15) is 9.90 Å². The Morgan fingerprint density at radius 3 is 2.78 bits per heavy atom. The number of aromatic amines is 1. The third-order valence-corrected chi connectivity index (χ3v) is 4.19. The molecule has 1 aromatic carbocycles. The number of aromatic hydroxyl groups is 1. The Balaban J connectivity index is 1.64. The molecule has 0 spiro atoms. The van der Waals surface area contributed by atoms with Gasteiger partial charge in [-0.05, 0) is 48.0 Å². The summed E-state index contributed by atoms with van der Waals surface area (Å²) in [6, 6.07) is 11.7. The van der Waals surface area contributed by atoms with Crippen LogP contribution in [0.1, 0.15) is 16.1 Å². The van der Waals surface area contributed by atoms with E-state index in [1.54, 1.807) is 24.3 Å². The summed E-state index contributed by atoms with van der Waals surface area (Å²) in [6.45, 7) is 0. The lowest BCUT2D eigenvalue weighted by Crippen LogP contribution is -2.17. The molecule has 3 rings (SSSR count). The number of hydrogen-bond donors (Lipinski definition) is 3. The van der Waals surface area contributed by atoms with Crippen molar-refractivity contribution in [2.45, 2.75) is 0 Å². The molecular formula is C15H11ClN4O2S. The monoisotopic (exact) mass is 346 g/mol. The molecule has 3 N–H and O–H groups in total. The van der Waals surface area contributed by atoms with Crippen LogP contribution in [0.15, 0.2) is 47.6 Å². The van der Waals surface area contributed by atoms with Crippen LogP contribution in [0.5, 0.6) is 5.75 Å². The van der Waals surface area contributed by atoms with Crippen molar-refractivity contribution in [1.82, 2.24) is 15.6 Å². The lowest BCUT2D eigenvalue weighted by molar-refractivity contribution is 0.0950. The number of halogens is 1. The minimum absolute atomic E-state index is 0.170. The fourth-order valence-corrected chi connectivity index (χ4v) is 2.82. The summed E-state index contributed by atoms with van der Waals surface area (Å²) in [6.07, 6.45) is 1.48. The Hall–Kier alpha value is -2.64. The number of hydrazone groups is 1. The number of carbonyl (C=O) groups excluding carboxylic acids is 1. The van der Waals surface area contributed by atoms with E-state index in [2.05, 4.69) is 20.7 Å². The van der Waals surface area contributed by atoms with Gasteiger partial charge >= 0.3 is 0 Å². The van der Waals surface area contributed by atoms with Crippen molar-refractivity contribution >= 4 is 35.1 Å². The van der Waals surface area contributed by atoms with Crippen LogP contribution >= 0.6 is 22.9 Å². The average Bonchev–Trinajstić information content (AvgIpc) is 3.18. The van der Waals surface area contributed by atoms with Crippen LogP contribution in [0, 0.1) is 0 Å². The molecule has 2 aromatic heterocycles. The van der Waals surface area contributed by atoms with Gasteiger partial charge in [-0.1, -0.05) is 11.6 Å². The predicted octanol–water partition coefficient (Wildman–Crippen LogP) is 3.26. The summed E-state index contributed by atoms with van der Waals surface area (Å²) >= 11 is 7.28. The lowest BCUT2D eigenvalue weighted by Gasteiger charge is -1.95. The van der Waals surface area contributed by atoms with Gasteiger partial charge in [-0.15, -0.1) is 11.3 Å². The van der Waals surface area contributed by atoms with Gasteiger partial charge in [0.2, 0.25) is 0 Å². The summed E-state index contributed by atoms with van der Waals surface area (Å²) in [4.78, 5) is 12.9. The van der Waals surface area contributed by atoms with E-state index in [4.69, 9.17) is 11.6 Å². The van der Waals surface area contributed by atoms with Crippen molar-refractivity contribution < 1.29 is 9.90 Å². The van der Waals surface area contributed by atoms with Crippen molar-refractivity contribution in [2.75, 3.05) is 0 Å². The maximum absolute atomic E-state index is 12.0. The first-order valence-electron chi connectivity index (χ1n) is 6.55. The summed E-state index contributed by atoms with van der Waals surface area (Å²) < 4.78 is 0.666. The van der Waals surface area contributed by atoms with Gasteiger partial charge in [-0.3, -0.25) is 9.89 Å². The average molecular weight is 347 g/mol. The fourth-order valence-electron chi connectivity index (χ4n) is 1.81. The van der Waals surface area contributed by atoms with Gasteiger partial charge in [0, 0.05) is 0 Å². The molecule has 0 bridgehead atoms. The van der Waals surface area contributed by atoms with Crippen molar-refractivity contribution in [2.24, 2.45) is 5.10 Å². The van der Waals surface area contributed by atoms with E-state index < -0.39 is 5.91 Å². The highest BCUT2D eigenvalue weighted by Gasteiger charge is 2.11. The summed E-state index contributed by atoms with van der Waals surface area (Å²) in [7, 11) is 0. The number of aromatic nitrogens is 2. The molecule has 0 fully saturated rings. The van der Waals surface area contributed by atoms with E-state index >= 15 is 0 Å². The molecule has 0 unspecified atom stereocenters. The van der Waals surface area contributed by atoms with Crippen LogP contribution in [0.3, 0.4) is 0 Å². The van der Waals surface area contributed by atoms with Crippen molar-refractivity contribution in [1.29, 1.82) is 0 Å². The number of thiophene rings is 1. The van der Waals surface area contributed by atoms with Crippen LogP contribution < -0.4 is 5.43 Å². The number of H-pyrrole nitrogens is 1. The molecular weight excluding hydrogens is 336 g/mol. The predicted molar refractivity (Wildman–Crippen MR) is 90.1 cm³/mol. The van der Waals surface area contributed by atoms with Crippen LogP contribution in [-0.4, -0.2) is 27.4 Å². The van der Waals surface area contributed by atoms with E-state index in [-0.39, 0.29) is 11.4 Å². The number of rotatable bonds is 4. The maximum atomic E-state index is 12.0. The number of amides is 1. The summed E-state index contributed by atoms with van der Waals surface area (Å²) in [5, 5.41) is 19.8. The normalized spacial score (nSPS) is 11.0. The van der Waals surface area contributed by atoms with E-state index in [0.29, 0.717) is 4.34 Å². The number of phenolic OH excluding ortho intramolecular Hbond substituents is 1. The molecule has 8 heteroatoms. The zero-order valence-electron chi connectivity index (χ0n) is 11.7. The van der Waals surface area contributed by atoms with Gasteiger partial charge in [0.25, 0.3) is 5.91 Å². The number of benzene rings is 1. The zero-order chi connectivity index (χ0) is 16.2. The summed E-state index contributed by atoms with van der Waals surface area (Å²) in [5.74, 6) is -0.255. The molecule has 0 saturated heterocycles. The van der Waals surface area contributed by atoms with Gasteiger partial charge in [0.1, 0.15) is 5.75 Å². The van der Waals surface area contributed by atoms with Crippen molar-refractivity contribution in [3.05, 3.63) is 58.1 Å². The highest BCUT2D eigenvalue weighted by molar-refractivity contribution is 7.19. The third-order valence-electron chi connectivity index (χ3n) is 2.92. The Labute approximate surface area is 140 Å². The maximum Gasteiger partial charge on any atom is 0.291 e. The largest absolute Gasteiger partial charge is 0.508 e. The molecule has 6 nitrogen and oxygen atoms in total. The van der Waals surface area contributed by atoms with Gasteiger partial charge in [-0.2, -0.15) is 10.2 Å². The SMILES string of the molecule is O=C(NN=Cc1ccc(O)cc1)c1cc(-c2ccc(Cl)s2)[nH]n1. The minimum atomic E-state index is -0.426. The van der Waals surface area contributed by atoms with Crippen LogP contribution in [0.4, 0.5) is 0 Å². The van der Waals surface area contributed by atoms with E-state index in [0.717, 1.165) is 16.1 Å². The molecule has 23 heavy (non-hydrogen) atoms. The Bertz CT molecular complexity index is 855. The van der Waals surface area contributed by atoms with Crippen LogP contribution in [0.25, 0.3) is 10.6 Å². The Kier molecular flexibility index (Phi) is 4.40. The molecule has 0 aliphatic rings. The molecule has 0 aliphatic heterocycles. The number of carbonyl (C=O) groups is 1.